The van der Waals surface area contributed by atoms with Gasteiger partial charge in [-0.3, -0.25) is 0 Å². The quantitative estimate of drug-likeness (QED) is 0.679. The van der Waals surface area contributed by atoms with Crippen molar-refractivity contribution in [1.82, 2.24) is 29.1 Å². The standard InChI is InChI=1S/C12H13ClN6O/c1-18-4-3-14-9(18)6-19-8(5-13)17-10-11(19)15-7-16-12(10)20-2/h3-4,7H,5-6H2,1-2H3. The van der Waals surface area contributed by atoms with Crippen LogP contribution in [0.5, 0.6) is 5.88 Å². The number of rotatable bonds is 4. The lowest BCUT2D eigenvalue weighted by Crippen LogP contribution is -2.09. The maximum atomic E-state index is 5.98. The van der Waals surface area contributed by atoms with Gasteiger partial charge in [0.25, 0.3) is 0 Å². The zero-order valence-corrected chi connectivity index (χ0v) is 11.9. The molecule has 3 aromatic heterocycles. The van der Waals surface area contributed by atoms with E-state index >= 15 is 0 Å². The molecule has 0 amide bonds. The largest absolute Gasteiger partial charge is 0.479 e. The molecule has 104 valence electrons. The second-order valence-electron chi connectivity index (χ2n) is 4.26. The molecule has 0 saturated carbocycles. The van der Waals surface area contributed by atoms with Crippen molar-refractivity contribution in [2.24, 2.45) is 7.05 Å². The fourth-order valence-corrected chi connectivity index (χ4v) is 2.27. The molecule has 3 rings (SSSR count). The minimum atomic E-state index is 0.282. The fourth-order valence-electron chi connectivity index (χ4n) is 2.07. The van der Waals surface area contributed by atoms with Crippen LogP contribution < -0.4 is 4.74 Å². The Kier molecular flexibility index (Phi) is 3.27. The molecule has 20 heavy (non-hydrogen) atoms. The van der Waals surface area contributed by atoms with Crippen molar-refractivity contribution < 1.29 is 4.74 Å². The molecule has 0 spiro atoms. The van der Waals surface area contributed by atoms with E-state index in [1.807, 2.05) is 22.4 Å². The maximum absolute atomic E-state index is 5.98. The summed E-state index contributed by atoms with van der Waals surface area (Å²) in [6.07, 6.45) is 5.10. The van der Waals surface area contributed by atoms with Crippen molar-refractivity contribution in [3.05, 3.63) is 30.4 Å². The number of imidazole rings is 2. The molecule has 0 bridgehead atoms. The average molecular weight is 293 g/mol. The lowest BCUT2D eigenvalue weighted by molar-refractivity contribution is 0.401. The van der Waals surface area contributed by atoms with Gasteiger partial charge in [0.15, 0.2) is 11.2 Å². The third-order valence-corrected chi connectivity index (χ3v) is 3.35. The minimum Gasteiger partial charge on any atom is -0.479 e. The molecule has 0 unspecified atom stereocenters. The number of nitrogens with zero attached hydrogens (tertiary/aromatic N) is 6. The van der Waals surface area contributed by atoms with Crippen LogP contribution in [0.1, 0.15) is 11.6 Å². The monoisotopic (exact) mass is 292 g/mol. The zero-order valence-electron chi connectivity index (χ0n) is 11.1. The minimum absolute atomic E-state index is 0.282. The van der Waals surface area contributed by atoms with Gasteiger partial charge in [0, 0.05) is 19.4 Å². The molecule has 0 saturated heterocycles. The van der Waals surface area contributed by atoms with Gasteiger partial charge in [-0.2, -0.15) is 4.98 Å². The number of hydrogen-bond donors (Lipinski definition) is 0. The van der Waals surface area contributed by atoms with Crippen LogP contribution in [0.4, 0.5) is 0 Å². The Bertz CT molecular complexity index is 750. The molecule has 0 N–H and O–H groups in total. The molecule has 0 fully saturated rings. The summed E-state index contributed by atoms with van der Waals surface area (Å²) in [7, 11) is 3.50. The van der Waals surface area contributed by atoms with Gasteiger partial charge < -0.3 is 13.9 Å². The highest BCUT2D eigenvalue weighted by Crippen LogP contribution is 2.23. The first kappa shape index (κ1) is 12.9. The Labute approximate surface area is 120 Å². The van der Waals surface area contributed by atoms with E-state index in [0.29, 0.717) is 29.4 Å². The van der Waals surface area contributed by atoms with E-state index in [4.69, 9.17) is 16.3 Å². The van der Waals surface area contributed by atoms with Crippen molar-refractivity contribution >= 4 is 22.8 Å². The summed E-state index contributed by atoms with van der Waals surface area (Å²) in [5, 5.41) is 0. The zero-order chi connectivity index (χ0) is 14.1. The number of halogens is 1. The lowest BCUT2D eigenvalue weighted by Gasteiger charge is -2.07. The molecule has 3 aromatic rings. The van der Waals surface area contributed by atoms with E-state index in [-0.39, 0.29) is 5.88 Å². The number of methoxy groups -OCH3 is 1. The Morgan fingerprint density at radius 1 is 1.25 bits per heavy atom. The molecular weight excluding hydrogens is 280 g/mol. The average Bonchev–Trinajstić information content (AvgIpc) is 3.03. The highest BCUT2D eigenvalue weighted by Gasteiger charge is 2.17. The van der Waals surface area contributed by atoms with Crippen LogP contribution in [0.2, 0.25) is 0 Å². The molecule has 0 atom stereocenters. The van der Waals surface area contributed by atoms with Crippen molar-refractivity contribution in [3.63, 3.8) is 0 Å². The van der Waals surface area contributed by atoms with E-state index in [0.717, 1.165) is 5.82 Å². The molecule has 7 nitrogen and oxygen atoms in total. The Morgan fingerprint density at radius 3 is 2.75 bits per heavy atom. The van der Waals surface area contributed by atoms with Crippen molar-refractivity contribution in [1.29, 1.82) is 0 Å². The van der Waals surface area contributed by atoms with Crippen LogP contribution in [0.3, 0.4) is 0 Å². The summed E-state index contributed by atoms with van der Waals surface area (Å²) in [6.45, 7) is 0.544. The fraction of sp³-hybridized carbons (Fsp3) is 0.333. The van der Waals surface area contributed by atoms with E-state index in [9.17, 15) is 0 Å². The number of aryl methyl sites for hydroxylation is 1. The smallest absolute Gasteiger partial charge is 0.245 e. The van der Waals surface area contributed by atoms with Crippen molar-refractivity contribution in [2.45, 2.75) is 12.4 Å². The Hall–Kier alpha value is -2.15. The summed E-state index contributed by atoms with van der Waals surface area (Å²) in [5.74, 6) is 2.33. The third kappa shape index (κ3) is 2.00. The van der Waals surface area contributed by atoms with E-state index < -0.39 is 0 Å². The molecule has 3 heterocycles. The molecule has 0 radical (unpaired) electrons. The van der Waals surface area contributed by atoms with Crippen LogP contribution in [0.15, 0.2) is 18.7 Å². The second kappa shape index (κ2) is 5.09. The number of fused-ring (bicyclic) bond motifs is 1. The van der Waals surface area contributed by atoms with Crippen LogP contribution in [-0.2, 0) is 19.5 Å². The van der Waals surface area contributed by atoms with Gasteiger partial charge in [-0.25, -0.2) is 15.0 Å². The SMILES string of the molecule is COc1ncnc2c1nc(CCl)n2Cc1nccn1C. The first-order chi connectivity index (χ1) is 9.74. The summed E-state index contributed by atoms with van der Waals surface area (Å²) in [4.78, 5) is 17.1. The topological polar surface area (TPSA) is 70.7 Å². The van der Waals surface area contributed by atoms with Crippen LogP contribution >= 0.6 is 11.6 Å². The van der Waals surface area contributed by atoms with Gasteiger partial charge in [0.1, 0.15) is 18.0 Å². The van der Waals surface area contributed by atoms with Crippen LogP contribution in [-0.4, -0.2) is 36.2 Å². The van der Waals surface area contributed by atoms with E-state index in [1.54, 1.807) is 13.3 Å². The van der Waals surface area contributed by atoms with Gasteiger partial charge >= 0.3 is 0 Å². The molecule has 8 heteroatoms. The van der Waals surface area contributed by atoms with E-state index in [2.05, 4.69) is 19.9 Å². The number of hydrogen-bond acceptors (Lipinski definition) is 5. The first-order valence-corrected chi connectivity index (χ1v) is 6.54. The highest BCUT2D eigenvalue weighted by molar-refractivity contribution is 6.16. The summed E-state index contributed by atoms with van der Waals surface area (Å²) in [6, 6.07) is 0. The van der Waals surface area contributed by atoms with Crippen LogP contribution in [0.25, 0.3) is 11.2 Å². The van der Waals surface area contributed by atoms with Gasteiger partial charge in [-0.15, -0.1) is 11.6 Å². The molecule has 0 aliphatic heterocycles. The third-order valence-electron chi connectivity index (χ3n) is 3.11. The van der Waals surface area contributed by atoms with Gasteiger partial charge in [-0.1, -0.05) is 0 Å². The molecule has 0 aliphatic rings. The molecule has 0 aromatic carbocycles. The van der Waals surface area contributed by atoms with Gasteiger partial charge in [0.05, 0.1) is 19.5 Å². The number of ether oxygens (including phenoxy) is 1. The number of aromatic nitrogens is 6. The summed E-state index contributed by atoms with van der Waals surface area (Å²) in [5.41, 5.74) is 1.30. The van der Waals surface area contributed by atoms with Gasteiger partial charge in [0.2, 0.25) is 5.88 Å². The Balaban J connectivity index is 2.16. The maximum Gasteiger partial charge on any atom is 0.245 e. The predicted octanol–water partition coefficient (Wildman–Crippen LogP) is 1.36. The second-order valence-corrected chi connectivity index (χ2v) is 4.52. The van der Waals surface area contributed by atoms with Gasteiger partial charge in [-0.05, 0) is 0 Å². The summed E-state index contributed by atoms with van der Waals surface area (Å²) >= 11 is 5.98. The summed E-state index contributed by atoms with van der Waals surface area (Å²) < 4.78 is 9.08. The van der Waals surface area contributed by atoms with Crippen molar-refractivity contribution in [3.8, 4) is 5.88 Å². The van der Waals surface area contributed by atoms with Crippen LogP contribution in [0, 0.1) is 0 Å². The number of alkyl halides is 1. The highest BCUT2D eigenvalue weighted by atomic mass is 35.5. The van der Waals surface area contributed by atoms with E-state index in [1.165, 1.54) is 6.33 Å². The normalized spacial score (nSPS) is 11.2. The van der Waals surface area contributed by atoms with Crippen molar-refractivity contribution in [2.75, 3.05) is 7.11 Å². The molecular formula is C12H13ClN6O. The first-order valence-electron chi connectivity index (χ1n) is 6.01. The molecule has 0 aliphatic carbocycles. The predicted molar refractivity (Wildman–Crippen MR) is 73.7 cm³/mol. The Morgan fingerprint density at radius 2 is 2.10 bits per heavy atom. The lowest BCUT2D eigenvalue weighted by atomic mass is 10.5.